The standard InChI is InChI=1S/C18H17F2N3O2/c19-14-4-1-5-15(20)16(14)22-17(24)12-6-9-23(10-7-12)18(25)13-3-2-8-21-11-13/h1-5,8,11-12H,6-7,9-10H2,(H,22,24). The number of nitrogens with zero attached hydrogens (tertiary/aromatic N) is 2. The zero-order valence-electron chi connectivity index (χ0n) is 13.4. The Morgan fingerprint density at radius 3 is 2.36 bits per heavy atom. The van der Waals surface area contributed by atoms with Gasteiger partial charge in [0.25, 0.3) is 5.91 Å². The van der Waals surface area contributed by atoms with E-state index in [-0.39, 0.29) is 5.91 Å². The highest BCUT2D eigenvalue weighted by Crippen LogP contribution is 2.23. The van der Waals surface area contributed by atoms with Gasteiger partial charge in [0.15, 0.2) is 0 Å². The fourth-order valence-corrected chi connectivity index (χ4v) is 2.86. The highest BCUT2D eigenvalue weighted by atomic mass is 19.1. The Morgan fingerprint density at radius 2 is 1.76 bits per heavy atom. The van der Waals surface area contributed by atoms with Gasteiger partial charge in [0, 0.05) is 31.4 Å². The van der Waals surface area contributed by atoms with Crippen molar-refractivity contribution in [3.8, 4) is 0 Å². The minimum atomic E-state index is -0.808. The molecular weight excluding hydrogens is 328 g/mol. The molecule has 0 radical (unpaired) electrons. The zero-order chi connectivity index (χ0) is 17.8. The van der Waals surface area contributed by atoms with Gasteiger partial charge in [0.2, 0.25) is 5.91 Å². The molecule has 1 aromatic carbocycles. The maximum atomic E-state index is 13.6. The molecule has 1 N–H and O–H groups in total. The fraction of sp³-hybridized carbons (Fsp3) is 0.278. The van der Waals surface area contributed by atoms with Crippen LogP contribution in [0.3, 0.4) is 0 Å². The molecule has 1 aliphatic heterocycles. The largest absolute Gasteiger partial charge is 0.339 e. The molecule has 130 valence electrons. The van der Waals surface area contributed by atoms with Gasteiger partial charge in [-0.15, -0.1) is 0 Å². The molecule has 2 heterocycles. The van der Waals surface area contributed by atoms with E-state index in [2.05, 4.69) is 10.3 Å². The molecule has 5 nitrogen and oxygen atoms in total. The van der Waals surface area contributed by atoms with E-state index in [0.29, 0.717) is 31.5 Å². The van der Waals surface area contributed by atoms with E-state index in [1.807, 2.05) is 0 Å². The molecule has 7 heteroatoms. The van der Waals surface area contributed by atoms with E-state index in [0.717, 1.165) is 12.1 Å². The van der Waals surface area contributed by atoms with Crippen LogP contribution in [0.25, 0.3) is 0 Å². The van der Waals surface area contributed by atoms with E-state index in [1.54, 1.807) is 23.2 Å². The van der Waals surface area contributed by atoms with Gasteiger partial charge in [-0.3, -0.25) is 14.6 Å². The average molecular weight is 345 g/mol. The van der Waals surface area contributed by atoms with Crippen LogP contribution in [0.2, 0.25) is 0 Å². The molecule has 0 saturated carbocycles. The van der Waals surface area contributed by atoms with Crippen molar-refractivity contribution in [1.82, 2.24) is 9.88 Å². The van der Waals surface area contributed by atoms with Gasteiger partial charge < -0.3 is 10.2 Å². The van der Waals surface area contributed by atoms with Crippen molar-refractivity contribution in [3.05, 3.63) is 59.9 Å². The molecule has 2 aromatic rings. The van der Waals surface area contributed by atoms with Gasteiger partial charge in [0.05, 0.1) is 5.56 Å². The Kier molecular flexibility index (Phi) is 5.02. The number of amides is 2. The number of hydrogen-bond acceptors (Lipinski definition) is 3. The molecule has 1 aliphatic rings. The Bertz CT molecular complexity index is 755. The molecule has 0 bridgehead atoms. The van der Waals surface area contributed by atoms with Gasteiger partial charge in [0.1, 0.15) is 17.3 Å². The molecular formula is C18H17F2N3O2. The molecule has 0 unspecified atom stereocenters. The Labute approximate surface area is 143 Å². The van der Waals surface area contributed by atoms with Crippen molar-refractivity contribution in [2.45, 2.75) is 12.8 Å². The highest BCUT2D eigenvalue weighted by molar-refractivity contribution is 5.95. The summed E-state index contributed by atoms with van der Waals surface area (Å²) >= 11 is 0. The first-order valence-electron chi connectivity index (χ1n) is 8.00. The fourth-order valence-electron chi connectivity index (χ4n) is 2.86. The van der Waals surface area contributed by atoms with Gasteiger partial charge >= 0.3 is 0 Å². The number of aromatic nitrogens is 1. The summed E-state index contributed by atoms with van der Waals surface area (Å²) in [5.41, 5.74) is 0.0696. The summed E-state index contributed by atoms with van der Waals surface area (Å²) in [7, 11) is 0. The first-order chi connectivity index (χ1) is 12.1. The predicted molar refractivity (Wildman–Crippen MR) is 87.9 cm³/mol. The van der Waals surface area contributed by atoms with Crippen LogP contribution in [0.15, 0.2) is 42.7 Å². The number of hydrogen-bond donors (Lipinski definition) is 1. The average Bonchev–Trinajstić information content (AvgIpc) is 2.65. The van der Waals surface area contributed by atoms with Crippen LogP contribution < -0.4 is 5.32 Å². The molecule has 0 atom stereocenters. The molecule has 1 saturated heterocycles. The van der Waals surface area contributed by atoms with Crippen molar-refractivity contribution in [2.75, 3.05) is 18.4 Å². The molecule has 25 heavy (non-hydrogen) atoms. The Balaban J connectivity index is 1.59. The number of carbonyl (C=O) groups is 2. The van der Waals surface area contributed by atoms with Crippen LogP contribution in [0, 0.1) is 17.6 Å². The minimum absolute atomic E-state index is 0.132. The quantitative estimate of drug-likeness (QED) is 0.930. The summed E-state index contributed by atoms with van der Waals surface area (Å²) in [5, 5.41) is 2.32. The van der Waals surface area contributed by atoms with E-state index in [9.17, 15) is 18.4 Å². The number of anilines is 1. The smallest absolute Gasteiger partial charge is 0.255 e. The van der Waals surface area contributed by atoms with Crippen LogP contribution >= 0.6 is 0 Å². The summed E-state index contributed by atoms with van der Waals surface area (Å²) in [4.78, 5) is 30.2. The molecule has 3 rings (SSSR count). The number of para-hydroxylation sites is 1. The van der Waals surface area contributed by atoms with E-state index < -0.39 is 29.1 Å². The molecule has 0 spiro atoms. The van der Waals surface area contributed by atoms with Crippen LogP contribution in [0.5, 0.6) is 0 Å². The lowest BCUT2D eigenvalue weighted by Crippen LogP contribution is -2.41. The third kappa shape index (κ3) is 3.81. The number of nitrogens with one attached hydrogen (secondary N) is 1. The number of pyridine rings is 1. The lowest BCUT2D eigenvalue weighted by molar-refractivity contribution is -0.121. The third-order valence-electron chi connectivity index (χ3n) is 4.27. The second-order valence-electron chi connectivity index (χ2n) is 5.89. The summed E-state index contributed by atoms with van der Waals surface area (Å²) in [5.74, 6) is -2.57. The first kappa shape index (κ1) is 17.0. The van der Waals surface area contributed by atoms with E-state index in [4.69, 9.17) is 0 Å². The number of halogens is 2. The highest BCUT2D eigenvalue weighted by Gasteiger charge is 2.28. The van der Waals surface area contributed by atoms with Crippen molar-refractivity contribution < 1.29 is 18.4 Å². The maximum absolute atomic E-state index is 13.6. The molecule has 2 amide bonds. The molecule has 1 aromatic heterocycles. The van der Waals surface area contributed by atoms with Crippen LogP contribution in [0.1, 0.15) is 23.2 Å². The van der Waals surface area contributed by atoms with Gasteiger partial charge in [-0.1, -0.05) is 6.07 Å². The molecule has 1 fully saturated rings. The van der Waals surface area contributed by atoms with E-state index >= 15 is 0 Å². The van der Waals surface area contributed by atoms with Gasteiger partial charge in [-0.05, 0) is 37.1 Å². The SMILES string of the molecule is O=C(Nc1c(F)cccc1F)C1CCN(C(=O)c2cccnc2)CC1. The number of piperidine rings is 1. The van der Waals surface area contributed by atoms with E-state index in [1.165, 1.54) is 12.3 Å². The lowest BCUT2D eigenvalue weighted by Gasteiger charge is -2.31. The molecule has 0 aliphatic carbocycles. The first-order valence-corrected chi connectivity index (χ1v) is 8.00. The van der Waals surface area contributed by atoms with Gasteiger partial charge in [-0.2, -0.15) is 0 Å². The summed E-state index contributed by atoms with van der Waals surface area (Å²) in [6.07, 6.45) is 3.97. The number of rotatable bonds is 3. The number of likely N-dealkylation sites (tertiary alicyclic amines) is 1. The Morgan fingerprint density at radius 1 is 1.08 bits per heavy atom. The Hall–Kier alpha value is -2.83. The summed E-state index contributed by atoms with van der Waals surface area (Å²) in [6.45, 7) is 0.817. The minimum Gasteiger partial charge on any atom is -0.339 e. The monoisotopic (exact) mass is 345 g/mol. The van der Waals surface area contributed by atoms with Crippen molar-refractivity contribution in [3.63, 3.8) is 0 Å². The lowest BCUT2D eigenvalue weighted by atomic mass is 9.95. The normalized spacial score (nSPS) is 15.0. The zero-order valence-corrected chi connectivity index (χ0v) is 13.4. The predicted octanol–water partition coefficient (Wildman–Crippen LogP) is 2.85. The third-order valence-corrected chi connectivity index (χ3v) is 4.27. The van der Waals surface area contributed by atoms with Crippen LogP contribution in [-0.4, -0.2) is 34.8 Å². The second kappa shape index (κ2) is 7.38. The second-order valence-corrected chi connectivity index (χ2v) is 5.89. The maximum Gasteiger partial charge on any atom is 0.255 e. The number of benzene rings is 1. The van der Waals surface area contributed by atoms with Gasteiger partial charge in [-0.25, -0.2) is 8.78 Å². The van der Waals surface area contributed by atoms with Crippen molar-refractivity contribution in [1.29, 1.82) is 0 Å². The van der Waals surface area contributed by atoms with Crippen LogP contribution in [-0.2, 0) is 4.79 Å². The number of carbonyl (C=O) groups excluding carboxylic acids is 2. The summed E-state index contributed by atoms with van der Waals surface area (Å²) in [6, 6.07) is 6.80. The van der Waals surface area contributed by atoms with Crippen LogP contribution in [0.4, 0.5) is 14.5 Å². The summed E-state index contributed by atoms with van der Waals surface area (Å²) < 4.78 is 27.2. The van der Waals surface area contributed by atoms with Crippen molar-refractivity contribution in [2.24, 2.45) is 5.92 Å². The topological polar surface area (TPSA) is 62.3 Å². The van der Waals surface area contributed by atoms with Crippen molar-refractivity contribution >= 4 is 17.5 Å².